The zero-order valence-corrected chi connectivity index (χ0v) is 13.6. The van der Waals surface area contributed by atoms with Gasteiger partial charge in [-0.15, -0.1) is 6.42 Å². The highest BCUT2D eigenvalue weighted by molar-refractivity contribution is 7.95. The largest absolute Gasteiger partial charge is 0.341 e. The summed E-state index contributed by atoms with van der Waals surface area (Å²) in [5.74, 6) is 1.99. The topological polar surface area (TPSA) is 75.3 Å². The van der Waals surface area contributed by atoms with Crippen LogP contribution in [0.1, 0.15) is 15.9 Å². The fourth-order valence-electron chi connectivity index (χ4n) is 1.85. The van der Waals surface area contributed by atoms with Gasteiger partial charge in [0.05, 0.1) is 12.0 Å². The number of rotatable bonds is 6. The third-order valence-electron chi connectivity index (χ3n) is 3.00. The van der Waals surface area contributed by atoms with Crippen molar-refractivity contribution in [1.82, 2.24) is 5.32 Å². The Balaban J connectivity index is 2.03. The van der Waals surface area contributed by atoms with Crippen LogP contribution in [0.4, 0.5) is 5.69 Å². The van der Waals surface area contributed by atoms with Crippen molar-refractivity contribution in [2.24, 2.45) is 0 Å². The molecule has 1 amide bonds. The van der Waals surface area contributed by atoms with Crippen molar-refractivity contribution in [3.05, 3.63) is 71.1 Å². The fraction of sp³-hybridized carbons (Fsp3) is 0.0556. The SMILES string of the molecule is C#CCNC(=O)c1ccc(NS(=O)(=O)C=Cc2ccccc2)cc1. The normalized spacial score (nSPS) is 11.0. The maximum Gasteiger partial charge on any atom is 0.255 e. The molecule has 0 saturated heterocycles. The lowest BCUT2D eigenvalue weighted by molar-refractivity contribution is 0.0958. The molecule has 0 saturated carbocycles. The second-order valence-corrected chi connectivity index (χ2v) is 6.39. The number of benzene rings is 2. The summed E-state index contributed by atoms with van der Waals surface area (Å²) < 4.78 is 26.5. The van der Waals surface area contributed by atoms with E-state index < -0.39 is 10.0 Å². The van der Waals surface area contributed by atoms with Crippen molar-refractivity contribution in [1.29, 1.82) is 0 Å². The highest BCUT2D eigenvalue weighted by Gasteiger charge is 2.08. The minimum atomic E-state index is -3.64. The monoisotopic (exact) mass is 340 g/mol. The van der Waals surface area contributed by atoms with E-state index in [4.69, 9.17) is 6.42 Å². The van der Waals surface area contributed by atoms with E-state index in [1.54, 1.807) is 12.1 Å². The van der Waals surface area contributed by atoms with E-state index in [9.17, 15) is 13.2 Å². The molecule has 0 aliphatic heterocycles. The maximum atomic E-state index is 12.0. The molecular formula is C18H16N2O3S. The third-order valence-corrected chi connectivity index (χ3v) is 4.01. The van der Waals surface area contributed by atoms with E-state index in [0.29, 0.717) is 11.3 Å². The van der Waals surface area contributed by atoms with Gasteiger partial charge in [0, 0.05) is 11.3 Å². The Morgan fingerprint density at radius 3 is 2.38 bits per heavy atom. The van der Waals surface area contributed by atoms with Crippen LogP contribution in [0, 0.1) is 12.3 Å². The van der Waals surface area contributed by atoms with Crippen LogP contribution in [0.5, 0.6) is 0 Å². The van der Waals surface area contributed by atoms with Crippen molar-refractivity contribution in [2.75, 3.05) is 11.3 Å². The first kappa shape index (κ1) is 17.3. The molecule has 6 heteroatoms. The minimum Gasteiger partial charge on any atom is -0.341 e. The summed E-state index contributed by atoms with van der Waals surface area (Å²) in [5, 5.41) is 3.62. The molecule has 2 aromatic carbocycles. The van der Waals surface area contributed by atoms with E-state index >= 15 is 0 Å². The molecule has 0 aromatic heterocycles. The van der Waals surface area contributed by atoms with Crippen LogP contribution in [0.3, 0.4) is 0 Å². The number of hydrogen-bond acceptors (Lipinski definition) is 3. The molecule has 122 valence electrons. The number of terminal acetylenes is 1. The predicted molar refractivity (Wildman–Crippen MR) is 95.6 cm³/mol. The Bertz CT molecular complexity index is 865. The fourth-order valence-corrected chi connectivity index (χ4v) is 2.72. The summed E-state index contributed by atoms with van der Waals surface area (Å²) in [6.45, 7) is 0.136. The van der Waals surface area contributed by atoms with Gasteiger partial charge in [0.2, 0.25) is 0 Å². The Hall–Kier alpha value is -3.04. The second kappa shape index (κ2) is 7.99. The first-order valence-corrected chi connectivity index (χ1v) is 8.62. The second-order valence-electron chi connectivity index (χ2n) is 4.82. The summed E-state index contributed by atoms with van der Waals surface area (Å²) in [4.78, 5) is 11.7. The lowest BCUT2D eigenvalue weighted by Gasteiger charge is -2.06. The molecule has 0 radical (unpaired) electrons. The van der Waals surface area contributed by atoms with Gasteiger partial charge >= 0.3 is 0 Å². The van der Waals surface area contributed by atoms with Gasteiger partial charge in [0.15, 0.2) is 0 Å². The highest BCUT2D eigenvalue weighted by Crippen LogP contribution is 2.13. The number of sulfonamides is 1. The predicted octanol–water partition coefficient (Wildman–Crippen LogP) is 2.46. The number of anilines is 1. The van der Waals surface area contributed by atoms with Crippen LogP contribution < -0.4 is 10.0 Å². The zero-order valence-electron chi connectivity index (χ0n) is 12.8. The molecule has 0 aliphatic rings. The van der Waals surface area contributed by atoms with E-state index in [1.807, 2.05) is 18.2 Å². The summed E-state index contributed by atoms with van der Waals surface area (Å²) in [6, 6.07) is 15.2. The summed E-state index contributed by atoms with van der Waals surface area (Å²) in [6.07, 6.45) is 6.57. The van der Waals surface area contributed by atoms with Crippen molar-refractivity contribution < 1.29 is 13.2 Å². The average molecular weight is 340 g/mol. The van der Waals surface area contributed by atoms with Crippen LogP contribution in [-0.2, 0) is 10.0 Å². The van der Waals surface area contributed by atoms with Gasteiger partial charge < -0.3 is 5.32 Å². The molecule has 0 heterocycles. The Morgan fingerprint density at radius 1 is 1.08 bits per heavy atom. The Morgan fingerprint density at radius 2 is 1.75 bits per heavy atom. The number of amides is 1. The van der Waals surface area contributed by atoms with Gasteiger partial charge in [-0.3, -0.25) is 9.52 Å². The van der Waals surface area contributed by atoms with E-state index in [2.05, 4.69) is 16.0 Å². The number of carbonyl (C=O) groups is 1. The molecule has 0 spiro atoms. The van der Waals surface area contributed by atoms with E-state index in [-0.39, 0.29) is 12.5 Å². The summed E-state index contributed by atoms with van der Waals surface area (Å²) in [5.41, 5.74) is 1.54. The molecule has 0 atom stereocenters. The highest BCUT2D eigenvalue weighted by atomic mass is 32.2. The van der Waals surface area contributed by atoms with Crippen LogP contribution >= 0.6 is 0 Å². The van der Waals surface area contributed by atoms with Crippen molar-refractivity contribution in [3.8, 4) is 12.3 Å². The lowest BCUT2D eigenvalue weighted by atomic mass is 10.2. The molecule has 24 heavy (non-hydrogen) atoms. The van der Waals surface area contributed by atoms with Crippen LogP contribution in [0.15, 0.2) is 60.0 Å². The molecule has 0 aliphatic carbocycles. The average Bonchev–Trinajstić information content (AvgIpc) is 2.59. The number of nitrogens with one attached hydrogen (secondary N) is 2. The molecule has 0 unspecified atom stereocenters. The Kier molecular flexibility index (Phi) is 5.77. The van der Waals surface area contributed by atoms with Gasteiger partial charge in [-0.05, 0) is 35.9 Å². The maximum absolute atomic E-state index is 12.0. The standard InChI is InChI=1S/C18H16N2O3S/c1-2-13-19-18(21)16-8-10-17(11-9-16)20-24(22,23)14-12-15-6-4-3-5-7-15/h1,3-12,14,20H,13H2,(H,19,21). The molecule has 0 bridgehead atoms. The number of carbonyl (C=O) groups excluding carboxylic acids is 1. The number of hydrogen-bond donors (Lipinski definition) is 2. The van der Waals surface area contributed by atoms with Gasteiger partial charge in [-0.1, -0.05) is 36.3 Å². The van der Waals surface area contributed by atoms with Crippen LogP contribution in [0.25, 0.3) is 6.08 Å². The first-order valence-electron chi connectivity index (χ1n) is 7.08. The molecule has 5 nitrogen and oxygen atoms in total. The zero-order chi connectivity index (χ0) is 17.4. The quantitative estimate of drug-likeness (QED) is 0.793. The van der Waals surface area contributed by atoms with Crippen molar-refractivity contribution in [2.45, 2.75) is 0 Å². The summed E-state index contributed by atoms with van der Waals surface area (Å²) in [7, 11) is -3.64. The third kappa shape index (κ3) is 5.30. The van der Waals surface area contributed by atoms with Crippen molar-refractivity contribution in [3.63, 3.8) is 0 Å². The molecule has 0 fully saturated rings. The lowest BCUT2D eigenvalue weighted by Crippen LogP contribution is -2.23. The van der Waals surface area contributed by atoms with Crippen LogP contribution in [0.2, 0.25) is 0 Å². The molecule has 2 aromatic rings. The Labute approximate surface area is 141 Å². The van der Waals surface area contributed by atoms with Gasteiger partial charge in [0.1, 0.15) is 0 Å². The first-order chi connectivity index (χ1) is 11.5. The molecular weight excluding hydrogens is 324 g/mol. The van der Waals surface area contributed by atoms with E-state index in [0.717, 1.165) is 11.0 Å². The molecule has 2 rings (SSSR count). The molecule has 2 N–H and O–H groups in total. The van der Waals surface area contributed by atoms with Gasteiger partial charge in [0.25, 0.3) is 15.9 Å². The summed E-state index contributed by atoms with van der Waals surface area (Å²) >= 11 is 0. The van der Waals surface area contributed by atoms with Crippen LogP contribution in [-0.4, -0.2) is 20.9 Å². The van der Waals surface area contributed by atoms with Gasteiger partial charge in [-0.25, -0.2) is 8.42 Å². The van der Waals surface area contributed by atoms with E-state index in [1.165, 1.54) is 30.3 Å². The van der Waals surface area contributed by atoms with Crippen molar-refractivity contribution >= 4 is 27.7 Å². The minimum absolute atomic E-state index is 0.136. The smallest absolute Gasteiger partial charge is 0.255 e. The van der Waals surface area contributed by atoms with Gasteiger partial charge in [-0.2, -0.15) is 0 Å².